The fraction of sp³-hybridized carbons (Fsp3) is 0.167. The van der Waals surface area contributed by atoms with Crippen LogP contribution in [0.25, 0.3) is 11.0 Å². The van der Waals surface area contributed by atoms with Crippen LogP contribution in [-0.4, -0.2) is 19.0 Å². The fourth-order valence-corrected chi connectivity index (χ4v) is 1.58. The molecule has 0 bridgehead atoms. The number of fused-ring (bicyclic) bond motifs is 1. The van der Waals surface area contributed by atoms with Gasteiger partial charge < -0.3 is 14.5 Å². The number of carbonyl (C=O) groups excluding carboxylic acids is 2. The van der Waals surface area contributed by atoms with E-state index in [9.17, 15) is 9.59 Å². The maximum atomic E-state index is 11.5. The Bertz CT molecular complexity index is 585. The summed E-state index contributed by atoms with van der Waals surface area (Å²) < 4.78 is 9.97. The highest BCUT2D eigenvalue weighted by atomic mass is 16.5. The SMILES string of the molecule is COC(=O)c1oc2ccccc2c1NC(C)=O. The van der Waals surface area contributed by atoms with Crippen molar-refractivity contribution in [3.63, 3.8) is 0 Å². The van der Waals surface area contributed by atoms with E-state index >= 15 is 0 Å². The van der Waals surface area contributed by atoms with E-state index in [2.05, 4.69) is 10.1 Å². The third-order valence-corrected chi connectivity index (χ3v) is 2.27. The number of methoxy groups -OCH3 is 1. The van der Waals surface area contributed by atoms with Gasteiger partial charge >= 0.3 is 5.97 Å². The third kappa shape index (κ3) is 1.99. The first kappa shape index (κ1) is 11.2. The monoisotopic (exact) mass is 233 g/mol. The van der Waals surface area contributed by atoms with Crippen LogP contribution in [0.2, 0.25) is 0 Å². The predicted octanol–water partition coefficient (Wildman–Crippen LogP) is 2.18. The molecule has 0 saturated carbocycles. The highest BCUT2D eigenvalue weighted by Crippen LogP contribution is 2.31. The van der Waals surface area contributed by atoms with Crippen LogP contribution in [0, 0.1) is 0 Å². The molecule has 1 heterocycles. The molecule has 1 aromatic heterocycles. The molecule has 0 fully saturated rings. The Kier molecular flexibility index (Phi) is 2.82. The van der Waals surface area contributed by atoms with E-state index in [1.54, 1.807) is 24.3 Å². The maximum absolute atomic E-state index is 11.5. The molecule has 1 amide bonds. The number of hydrogen-bond donors (Lipinski definition) is 1. The standard InChI is InChI=1S/C12H11NO4/c1-7(14)13-10-8-5-3-4-6-9(8)17-11(10)12(15)16-2/h3-6H,1-2H3,(H,13,14). The molecule has 5 nitrogen and oxygen atoms in total. The van der Waals surface area contributed by atoms with Crippen molar-refractivity contribution in [2.45, 2.75) is 6.92 Å². The first-order chi connectivity index (χ1) is 8.13. The van der Waals surface area contributed by atoms with Crippen molar-refractivity contribution in [2.75, 3.05) is 12.4 Å². The molecule has 0 spiro atoms. The van der Waals surface area contributed by atoms with Gasteiger partial charge in [-0.3, -0.25) is 4.79 Å². The van der Waals surface area contributed by atoms with E-state index in [1.165, 1.54) is 14.0 Å². The van der Waals surface area contributed by atoms with E-state index in [0.717, 1.165) is 0 Å². The summed E-state index contributed by atoms with van der Waals surface area (Å²) in [6.07, 6.45) is 0. The fourth-order valence-electron chi connectivity index (χ4n) is 1.58. The largest absolute Gasteiger partial charge is 0.463 e. The van der Waals surface area contributed by atoms with Crippen molar-refractivity contribution in [2.24, 2.45) is 0 Å². The highest BCUT2D eigenvalue weighted by molar-refractivity contribution is 6.08. The number of amides is 1. The number of hydrogen-bond acceptors (Lipinski definition) is 4. The van der Waals surface area contributed by atoms with Crippen LogP contribution < -0.4 is 5.32 Å². The lowest BCUT2D eigenvalue weighted by Crippen LogP contribution is -2.10. The number of rotatable bonds is 2. The van der Waals surface area contributed by atoms with Crippen LogP contribution >= 0.6 is 0 Å². The molecule has 0 atom stereocenters. The summed E-state index contributed by atoms with van der Waals surface area (Å²) in [5.74, 6) is -0.893. The lowest BCUT2D eigenvalue weighted by molar-refractivity contribution is -0.114. The lowest BCUT2D eigenvalue weighted by Gasteiger charge is -2.01. The van der Waals surface area contributed by atoms with Gasteiger partial charge in [0.15, 0.2) is 0 Å². The topological polar surface area (TPSA) is 68.5 Å². The van der Waals surface area contributed by atoms with Crippen molar-refractivity contribution in [3.05, 3.63) is 30.0 Å². The van der Waals surface area contributed by atoms with Gasteiger partial charge in [0, 0.05) is 12.3 Å². The van der Waals surface area contributed by atoms with Gasteiger partial charge in [0.25, 0.3) is 0 Å². The quantitative estimate of drug-likeness (QED) is 0.807. The molecule has 2 aromatic rings. The van der Waals surface area contributed by atoms with Gasteiger partial charge in [-0.05, 0) is 12.1 Å². The Balaban J connectivity index is 2.64. The summed E-state index contributed by atoms with van der Waals surface area (Å²) in [7, 11) is 1.26. The van der Waals surface area contributed by atoms with Crippen LogP contribution in [0.4, 0.5) is 5.69 Å². The maximum Gasteiger partial charge on any atom is 0.376 e. The normalized spacial score (nSPS) is 10.2. The van der Waals surface area contributed by atoms with Gasteiger partial charge in [-0.15, -0.1) is 0 Å². The first-order valence-corrected chi connectivity index (χ1v) is 5.01. The minimum Gasteiger partial charge on any atom is -0.463 e. The second-order valence-electron chi connectivity index (χ2n) is 3.48. The molecule has 1 N–H and O–H groups in total. The van der Waals surface area contributed by atoms with Gasteiger partial charge in [-0.2, -0.15) is 0 Å². The molecule has 2 rings (SSSR count). The zero-order valence-corrected chi connectivity index (χ0v) is 9.44. The average molecular weight is 233 g/mol. The minimum absolute atomic E-state index is 0.00361. The second kappa shape index (κ2) is 4.29. The molecule has 0 aliphatic heterocycles. The summed E-state index contributed by atoms with van der Waals surface area (Å²) in [4.78, 5) is 22.6. The summed E-state index contributed by atoms with van der Waals surface area (Å²) in [6, 6.07) is 7.05. The Morgan fingerprint density at radius 2 is 2.00 bits per heavy atom. The molecular weight excluding hydrogens is 222 g/mol. The van der Waals surface area contributed by atoms with Crippen molar-refractivity contribution < 1.29 is 18.7 Å². The van der Waals surface area contributed by atoms with Crippen LogP contribution in [-0.2, 0) is 9.53 Å². The average Bonchev–Trinajstić information content (AvgIpc) is 2.67. The van der Waals surface area contributed by atoms with E-state index in [0.29, 0.717) is 16.7 Å². The smallest absolute Gasteiger partial charge is 0.376 e. The molecule has 88 valence electrons. The molecule has 0 radical (unpaired) electrons. The van der Waals surface area contributed by atoms with E-state index in [1.807, 2.05) is 0 Å². The number of esters is 1. The summed E-state index contributed by atoms with van der Waals surface area (Å²) in [5.41, 5.74) is 0.872. The molecule has 0 aliphatic carbocycles. The molecule has 5 heteroatoms. The Morgan fingerprint density at radius 1 is 1.29 bits per heavy atom. The van der Waals surface area contributed by atoms with E-state index in [4.69, 9.17) is 4.42 Å². The molecule has 1 aromatic carbocycles. The highest BCUT2D eigenvalue weighted by Gasteiger charge is 2.21. The lowest BCUT2D eigenvalue weighted by atomic mass is 10.2. The summed E-state index contributed by atoms with van der Waals surface area (Å²) >= 11 is 0. The van der Waals surface area contributed by atoms with Crippen LogP contribution in [0.15, 0.2) is 28.7 Å². The third-order valence-electron chi connectivity index (χ3n) is 2.27. The van der Waals surface area contributed by atoms with Gasteiger partial charge in [0.1, 0.15) is 11.3 Å². The van der Waals surface area contributed by atoms with Crippen molar-refractivity contribution in [1.29, 1.82) is 0 Å². The molecule has 0 saturated heterocycles. The first-order valence-electron chi connectivity index (χ1n) is 5.01. The van der Waals surface area contributed by atoms with Gasteiger partial charge in [0.2, 0.25) is 11.7 Å². The van der Waals surface area contributed by atoms with Gasteiger partial charge in [-0.1, -0.05) is 12.1 Å². The number of ether oxygens (including phenoxy) is 1. The number of nitrogens with one attached hydrogen (secondary N) is 1. The Morgan fingerprint density at radius 3 is 2.65 bits per heavy atom. The second-order valence-corrected chi connectivity index (χ2v) is 3.48. The van der Waals surface area contributed by atoms with E-state index < -0.39 is 5.97 Å². The zero-order chi connectivity index (χ0) is 12.4. The Labute approximate surface area is 97.4 Å². The zero-order valence-electron chi connectivity index (χ0n) is 9.44. The minimum atomic E-state index is -0.620. The van der Waals surface area contributed by atoms with Crippen LogP contribution in [0.3, 0.4) is 0 Å². The van der Waals surface area contributed by atoms with Crippen molar-refractivity contribution in [3.8, 4) is 0 Å². The number of benzene rings is 1. The molecule has 0 unspecified atom stereocenters. The van der Waals surface area contributed by atoms with Crippen molar-refractivity contribution in [1.82, 2.24) is 0 Å². The Hall–Kier alpha value is -2.30. The van der Waals surface area contributed by atoms with Gasteiger partial charge in [-0.25, -0.2) is 4.79 Å². The predicted molar refractivity (Wildman–Crippen MR) is 61.9 cm³/mol. The molecule has 17 heavy (non-hydrogen) atoms. The van der Waals surface area contributed by atoms with E-state index in [-0.39, 0.29) is 11.7 Å². The van der Waals surface area contributed by atoms with Crippen molar-refractivity contribution >= 4 is 28.5 Å². The number of para-hydroxylation sites is 1. The van der Waals surface area contributed by atoms with Gasteiger partial charge in [0.05, 0.1) is 7.11 Å². The summed E-state index contributed by atoms with van der Waals surface area (Å²) in [5, 5.41) is 3.25. The number of anilines is 1. The molecule has 0 aliphatic rings. The number of furan rings is 1. The van der Waals surface area contributed by atoms with Crippen LogP contribution in [0.5, 0.6) is 0 Å². The van der Waals surface area contributed by atoms with Crippen LogP contribution in [0.1, 0.15) is 17.5 Å². The summed E-state index contributed by atoms with van der Waals surface area (Å²) in [6.45, 7) is 1.36. The number of carbonyl (C=O) groups is 2. The molecular formula is C12H11NO4.